The number of nitrogens with zero attached hydrogens (tertiary/aromatic N) is 3. The van der Waals surface area contributed by atoms with Gasteiger partial charge in [-0.15, -0.1) is 11.3 Å². The van der Waals surface area contributed by atoms with Crippen molar-refractivity contribution in [2.45, 2.75) is 38.9 Å². The second-order valence-corrected chi connectivity index (χ2v) is 7.42. The van der Waals surface area contributed by atoms with Crippen LogP contribution in [-0.4, -0.2) is 58.2 Å². The molecule has 0 spiro atoms. The van der Waals surface area contributed by atoms with Gasteiger partial charge in [0.1, 0.15) is 5.01 Å². The molecule has 1 fully saturated rings. The number of aromatic nitrogens is 1. The summed E-state index contributed by atoms with van der Waals surface area (Å²) in [6.07, 6.45) is 0.856. The maximum absolute atomic E-state index is 9.33. The number of rotatable bonds is 5. The molecule has 1 aliphatic rings. The molecule has 5 heteroatoms. The molecule has 0 bridgehead atoms. The second kappa shape index (κ2) is 7.04. The Kier molecular flexibility index (Phi) is 5.08. The number of hydrogen-bond acceptors (Lipinski definition) is 5. The van der Waals surface area contributed by atoms with Crippen LogP contribution in [0.25, 0.3) is 10.2 Å². The minimum absolute atomic E-state index is 0.267. The third-order valence-corrected chi connectivity index (χ3v) is 5.46. The normalized spacial score (nSPS) is 21.0. The van der Waals surface area contributed by atoms with Crippen LogP contribution in [0.2, 0.25) is 0 Å². The van der Waals surface area contributed by atoms with Crippen molar-refractivity contribution in [1.29, 1.82) is 0 Å². The van der Waals surface area contributed by atoms with Crippen LogP contribution in [-0.2, 0) is 6.54 Å². The Hall–Kier alpha value is -1.01. The fourth-order valence-electron chi connectivity index (χ4n) is 3.34. The van der Waals surface area contributed by atoms with Crippen molar-refractivity contribution >= 4 is 21.6 Å². The highest BCUT2D eigenvalue weighted by molar-refractivity contribution is 7.18. The van der Waals surface area contributed by atoms with Crippen molar-refractivity contribution in [3.05, 3.63) is 29.3 Å². The molecule has 120 valence electrons. The highest BCUT2D eigenvalue weighted by atomic mass is 32.1. The number of benzene rings is 1. The quantitative estimate of drug-likeness (QED) is 0.919. The molecule has 1 N–H and O–H groups in total. The predicted octanol–water partition coefficient (Wildman–Crippen LogP) is 2.57. The first kappa shape index (κ1) is 15.9. The molecule has 1 atom stereocenters. The van der Waals surface area contributed by atoms with Crippen LogP contribution in [0.5, 0.6) is 0 Å². The lowest BCUT2D eigenvalue weighted by Gasteiger charge is -2.43. The number of aliphatic hydroxyl groups excluding tert-OH is 1. The van der Waals surface area contributed by atoms with E-state index in [1.165, 1.54) is 9.71 Å². The number of piperazine rings is 1. The van der Waals surface area contributed by atoms with Gasteiger partial charge in [-0.3, -0.25) is 9.80 Å². The lowest BCUT2D eigenvalue weighted by atomic mass is 10.1. The topological polar surface area (TPSA) is 39.6 Å². The highest BCUT2D eigenvalue weighted by Crippen LogP contribution is 2.24. The molecule has 0 unspecified atom stereocenters. The van der Waals surface area contributed by atoms with Gasteiger partial charge >= 0.3 is 0 Å². The van der Waals surface area contributed by atoms with E-state index in [-0.39, 0.29) is 6.61 Å². The maximum atomic E-state index is 9.33. The first-order valence-electron chi connectivity index (χ1n) is 8.11. The van der Waals surface area contributed by atoms with Gasteiger partial charge in [0.25, 0.3) is 0 Å². The smallest absolute Gasteiger partial charge is 0.108 e. The molecular formula is C17H25N3OS. The number of thiazole rings is 1. The average molecular weight is 319 g/mol. The van der Waals surface area contributed by atoms with E-state index in [9.17, 15) is 5.11 Å². The zero-order valence-electron chi connectivity index (χ0n) is 13.4. The van der Waals surface area contributed by atoms with Gasteiger partial charge in [-0.2, -0.15) is 0 Å². The van der Waals surface area contributed by atoms with Crippen LogP contribution in [0.3, 0.4) is 0 Å². The van der Waals surface area contributed by atoms with E-state index in [0.717, 1.165) is 38.1 Å². The summed E-state index contributed by atoms with van der Waals surface area (Å²) >= 11 is 1.80. The first-order chi connectivity index (χ1) is 10.7. The largest absolute Gasteiger partial charge is 0.396 e. The molecule has 0 amide bonds. The molecule has 0 saturated carbocycles. The van der Waals surface area contributed by atoms with Crippen molar-refractivity contribution in [1.82, 2.24) is 14.8 Å². The lowest BCUT2D eigenvalue weighted by Crippen LogP contribution is -2.55. The molecule has 3 rings (SSSR count). The van der Waals surface area contributed by atoms with E-state index < -0.39 is 0 Å². The van der Waals surface area contributed by atoms with E-state index in [4.69, 9.17) is 4.98 Å². The third kappa shape index (κ3) is 3.49. The molecule has 4 nitrogen and oxygen atoms in total. The molecule has 0 radical (unpaired) electrons. The first-order valence-corrected chi connectivity index (χ1v) is 8.92. The maximum Gasteiger partial charge on any atom is 0.108 e. The molecule has 2 heterocycles. The highest BCUT2D eigenvalue weighted by Gasteiger charge is 2.28. The average Bonchev–Trinajstić information content (AvgIpc) is 2.89. The fourth-order valence-corrected chi connectivity index (χ4v) is 4.35. The van der Waals surface area contributed by atoms with Gasteiger partial charge in [0, 0.05) is 38.3 Å². The predicted molar refractivity (Wildman–Crippen MR) is 92.2 cm³/mol. The van der Waals surface area contributed by atoms with Gasteiger partial charge in [-0.1, -0.05) is 12.1 Å². The number of aliphatic hydroxyl groups is 1. The summed E-state index contributed by atoms with van der Waals surface area (Å²) in [6.45, 7) is 8.86. The fraction of sp³-hybridized carbons (Fsp3) is 0.588. The molecule has 22 heavy (non-hydrogen) atoms. The van der Waals surface area contributed by atoms with E-state index >= 15 is 0 Å². The van der Waals surface area contributed by atoms with Crippen LogP contribution in [0.15, 0.2) is 24.3 Å². The van der Waals surface area contributed by atoms with Crippen molar-refractivity contribution < 1.29 is 5.11 Å². The number of fused-ring (bicyclic) bond motifs is 1. The van der Waals surface area contributed by atoms with Crippen molar-refractivity contribution in [2.75, 3.05) is 26.2 Å². The standard InChI is InChI=1S/C17H25N3OS/c1-13(2)20-9-8-19(11-14(20)7-10-21)12-17-18-15-5-3-4-6-16(15)22-17/h3-6,13-14,21H,7-12H2,1-2H3/t14-/m0/s1. The summed E-state index contributed by atoms with van der Waals surface area (Å²) in [7, 11) is 0. The van der Waals surface area contributed by atoms with Gasteiger partial charge in [0.15, 0.2) is 0 Å². The Morgan fingerprint density at radius 1 is 1.32 bits per heavy atom. The minimum atomic E-state index is 0.267. The molecule has 1 aromatic carbocycles. The van der Waals surface area contributed by atoms with Crippen LogP contribution in [0.4, 0.5) is 0 Å². The molecule has 0 aliphatic carbocycles. The zero-order valence-corrected chi connectivity index (χ0v) is 14.2. The van der Waals surface area contributed by atoms with Gasteiger partial charge in [-0.25, -0.2) is 4.98 Å². The van der Waals surface area contributed by atoms with Gasteiger partial charge in [0.2, 0.25) is 0 Å². The zero-order chi connectivity index (χ0) is 15.5. The van der Waals surface area contributed by atoms with Crippen molar-refractivity contribution in [3.8, 4) is 0 Å². The Morgan fingerprint density at radius 3 is 2.86 bits per heavy atom. The molecular weight excluding hydrogens is 294 g/mol. The Morgan fingerprint density at radius 2 is 2.14 bits per heavy atom. The molecule has 1 aliphatic heterocycles. The Bertz CT molecular complexity index is 580. The van der Waals surface area contributed by atoms with Crippen LogP contribution >= 0.6 is 11.3 Å². The number of hydrogen-bond donors (Lipinski definition) is 1. The van der Waals surface area contributed by atoms with Gasteiger partial charge in [-0.05, 0) is 32.4 Å². The molecule has 1 saturated heterocycles. The van der Waals surface area contributed by atoms with E-state index in [0.29, 0.717) is 12.1 Å². The third-order valence-electron chi connectivity index (χ3n) is 4.44. The van der Waals surface area contributed by atoms with Gasteiger partial charge in [0.05, 0.1) is 16.8 Å². The van der Waals surface area contributed by atoms with E-state index in [2.05, 4.69) is 41.8 Å². The van der Waals surface area contributed by atoms with Crippen LogP contribution in [0, 0.1) is 0 Å². The van der Waals surface area contributed by atoms with E-state index in [1.54, 1.807) is 11.3 Å². The summed E-state index contributed by atoms with van der Waals surface area (Å²) < 4.78 is 1.27. The molecule has 1 aromatic heterocycles. The second-order valence-electron chi connectivity index (χ2n) is 6.31. The van der Waals surface area contributed by atoms with E-state index in [1.807, 2.05) is 6.07 Å². The van der Waals surface area contributed by atoms with Crippen molar-refractivity contribution in [2.24, 2.45) is 0 Å². The lowest BCUT2D eigenvalue weighted by molar-refractivity contribution is 0.0349. The number of para-hydroxylation sites is 1. The van der Waals surface area contributed by atoms with Crippen molar-refractivity contribution in [3.63, 3.8) is 0 Å². The monoisotopic (exact) mass is 319 g/mol. The molecule has 2 aromatic rings. The summed E-state index contributed by atoms with van der Waals surface area (Å²) in [5.41, 5.74) is 1.11. The SMILES string of the molecule is CC(C)N1CCN(Cc2nc3ccccc3s2)C[C@@H]1CCO. The van der Waals surface area contributed by atoms with Crippen LogP contribution < -0.4 is 0 Å². The van der Waals surface area contributed by atoms with Crippen LogP contribution in [0.1, 0.15) is 25.3 Å². The summed E-state index contributed by atoms with van der Waals surface area (Å²) in [5.74, 6) is 0. The minimum Gasteiger partial charge on any atom is -0.396 e. The Labute approximate surface area is 136 Å². The summed E-state index contributed by atoms with van der Waals surface area (Å²) in [6, 6.07) is 9.34. The summed E-state index contributed by atoms with van der Waals surface area (Å²) in [5, 5.41) is 10.5. The Balaban J connectivity index is 1.67. The summed E-state index contributed by atoms with van der Waals surface area (Å²) in [4.78, 5) is 9.75. The van der Waals surface area contributed by atoms with Gasteiger partial charge < -0.3 is 5.11 Å².